The fraction of sp³-hybridized carbons (Fsp3) is 0.750. The van der Waals surface area contributed by atoms with Crippen LogP contribution in [0.1, 0.15) is 65.9 Å². The summed E-state index contributed by atoms with van der Waals surface area (Å²) in [6.07, 6.45) is 1.87. The number of methoxy groups -OCH3 is 1. The molecule has 1 aromatic rings. The van der Waals surface area contributed by atoms with E-state index in [0.29, 0.717) is 0 Å². The number of nitrogens with zero attached hydrogens (tertiary/aromatic N) is 2. The second-order valence-corrected chi connectivity index (χ2v) is 7.32. The highest BCUT2D eigenvalue weighted by Gasteiger charge is 2.31. The van der Waals surface area contributed by atoms with E-state index in [-0.39, 0.29) is 5.41 Å². The van der Waals surface area contributed by atoms with Gasteiger partial charge in [-0.1, -0.05) is 34.6 Å². The minimum Gasteiger partial charge on any atom is -0.371 e. The normalized spacial score (nSPS) is 14.9. The van der Waals surface area contributed by atoms with Crippen molar-refractivity contribution >= 4 is 21.7 Å². The van der Waals surface area contributed by atoms with E-state index in [1.807, 2.05) is 6.92 Å². The maximum atomic E-state index is 5.67. The monoisotopic (exact) mass is 357 g/mol. The molecule has 1 N–H and O–H groups in total. The first kappa shape index (κ1) is 18.4. The zero-order chi connectivity index (χ0) is 16.3. The van der Waals surface area contributed by atoms with Crippen LogP contribution in [0.4, 0.5) is 5.82 Å². The van der Waals surface area contributed by atoms with Crippen molar-refractivity contribution in [2.45, 2.75) is 65.4 Å². The summed E-state index contributed by atoms with van der Waals surface area (Å²) in [5.74, 6) is 1.59. The summed E-state index contributed by atoms with van der Waals surface area (Å²) >= 11 is 3.66. The average molecular weight is 358 g/mol. The first-order chi connectivity index (χ1) is 9.69. The van der Waals surface area contributed by atoms with E-state index in [0.717, 1.165) is 41.2 Å². The Kier molecular flexibility index (Phi) is 6.17. The Morgan fingerprint density at radius 2 is 1.76 bits per heavy atom. The quantitative estimate of drug-likeness (QED) is 0.805. The molecule has 0 spiro atoms. The van der Waals surface area contributed by atoms with E-state index in [2.05, 4.69) is 55.9 Å². The number of rotatable bonds is 6. The topological polar surface area (TPSA) is 47.0 Å². The molecule has 1 unspecified atom stereocenters. The third kappa shape index (κ3) is 4.16. The van der Waals surface area contributed by atoms with E-state index in [4.69, 9.17) is 14.7 Å². The maximum absolute atomic E-state index is 5.67. The Morgan fingerprint density at radius 3 is 2.19 bits per heavy atom. The Hall–Kier alpha value is -0.680. The number of hydrogen-bond donors (Lipinski definition) is 1. The van der Waals surface area contributed by atoms with Gasteiger partial charge in [-0.3, -0.25) is 0 Å². The molecule has 21 heavy (non-hydrogen) atoms. The molecule has 4 nitrogen and oxygen atoms in total. The summed E-state index contributed by atoms with van der Waals surface area (Å²) in [6.45, 7) is 13.6. The summed E-state index contributed by atoms with van der Waals surface area (Å²) in [4.78, 5) is 9.51. The van der Waals surface area contributed by atoms with Gasteiger partial charge >= 0.3 is 0 Å². The molecule has 0 radical (unpaired) electrons. The first-order valence-corrected chi connectivity index (χ1v) is 8.36. The van der Waals surface area contributed by atoms with Gasteiger partial charge < -0.3 is 10.1 Å². The van der Waals surface area contributed by atoms with Crippen LogP contribution in [0, 0.1) is 0 Å². The lowest BCUT2D eigenvalue weighted by atomic mass is 9.91. The van der Waals surface area contributed by atoms with Crippen molar-refractivity contribution in [3.8, 4) is 0 Å². The van der Waals surface area contributed by atoms with Crippen LogP contribution in [0.2, 0.25) is 0 Å². The Labute approximate surface area is 137 Å². The molecular weight excluding hydrogens is 330 g/mol. The van der Waals surface area contributed by atoms with Gasteiger partial charge in [0.1, 0.15) is 11.4 Å². The smallest absolute Gasteiger partial charge is 0.162 e. The highest BCUT2D eigenvalue weighted by Crippen LogP contribution is 2.35. The second-order valence-electron chi connectivity index (χ2n) is 6.52. The van der Waals surface area contributed by atoms with E-state index in [9.17, 15) is 0 Å². The molecule has 0 saturated carbocycles. The third-order valence-electron chi connectivity index (χ3n) is 3.70. The predicted octanol–water partition coefficient (Wildman–Crippen LogP) is 4.63. The summed E-state index contributed by atoms with van der Waals surface area (Å²) in [5.41, 5.74) is 0.466. The first-order valence-electron chi connectivity index (χ1n) is 7.57. The van der Waals surface area contributed by atoms with Gasteiger partial charge in [-0.2, -0.15) is 0 Å². The number of anilines is 1. The van der Waals surface area contributed by atoms with Crippen molar-refractivity contribution in [3.05, 3.63) is 16.0 Å². The molecule has 1 atom stereocenters. The van der Waals surface area contributed by atoms with Gasteiger partial charge in [0.05, 0.1) is 10.2 Å². The molecule has 120 valence electrons. The molecular formula is C16H28BrN3O. The standard InChI is InChI=1S/C16H28BrN3O/c1-8-10-18-13-11(17)12(15(3,4)5)19-14(20-13)16(6,9-2)21-7/h8-10H2,1-7H3,(H,18,19,20). The Balaban J connectivity index is 3.46. The zero-order valence-electron chi connectivity index (χ0n) is 14.3. The van der Waals surface area contributed by atoms with Crippen molar-refractivity contribution in [2.24, 2.45) is 0 Å². The van der Waals surface area contributed by atoms with Crippen molar-refractivity contribution in [1.29, 1.82) is 0 Å². The van der Waals surface area contributed by atoms with Crippen LogP contribution in [0.15, 0.2) is 4.47 Å². The number of hydrogen-bond acceptors (Lipinski definition) is 4. The molecule has 0 fully saturated rings. The SMILES string of the molecule is CCCNc1nc(C(C)(CC)OC)nc(C(C)(C)C)c1Br. The van der Waals surface area contributed by atoms with Gasteiger partial charge in [0.2, 0.25) is 0 Å². The third-order valence-corrected chi connectivity index (χ3v) is 4.45. The molecule has 0 bridgehead atoms. The van der Waals surface area contributed by atoms with Gasteiger partial charge in [0, 0.05) is 19.1 Å². The molecule has 1 heterocycles. The van der Waals surface area contributed by atoms with Crippen molar-refractivity contribution < 1.29 is 4.74 Å². The van der Waals surface area contributed by atoms with Gasteiger partial charge in [0.25, 0.3) is 0 Å². The molecule has 1 rings (SSSR count). The van der Waals surface area contributed by atoms with Crippen molar-refractivity contribution in [2.75, 3.05) is 19.0 Å². The van der Waals surface area contributed by atoms with Crippen LogP contribution in [-0.2, 0) is 15.8 Å². The van der Waals surface area contributed by atoms with E-state index in [1.54, 1.807) is 7.11 Å². The van der Waals surface area contributed by atoms with Gasteiger partial charge in [-0.15, -0.1) is 0 Å². The number of ether oxygens (including phenoxy) is 1. The number of nitrogens with one attached hydrogen (secondary N) is 1. The van der Waals surface area contributed by atoms with Crippen LogP contribution >= 0.6 is 15.9 Å². The molecule has 5 heteroatoms. The molecule has 0 aliphatic heterocycles. The lowest BCUT2D eigenvalue weighted by Gasteiger charge is -2.29. The number of aromatic nitrogens is 2. The lowest BCUT2D eigenvalue weighted by Crippen LogP contribution is -2.29. The van der Waals surface area contributed by atoms with Crippen molar-refractivity contribution in [1.82, 2.24) is 9.97 Å². The molecule has 0 aromatic carbocycles. The van der Waals surface area contributed by atoms with E-state index >= 15 is 0 Å². The predicted molar refractivity (Wildman–Crippen MR) is 91.9 cm³/mol. The van der Waals surface area contributed by atoms with Crippen LogP contribution in [0.25, 0.3) is 0 Å². The molecule has 0 aliphatic rings. The van der Waals surface area contributed by atoms with Crippen molar-refractivity contribution in [3.63, 3.8) is 0 Å². The van der Waals surface area contributed by atoms with Crippen LogP contribution in [0.5, 0.6) is 0 Å². The van der Waals surface area contributed by atoms with Crippen LogP contribution in [0.3, 0.4) is 0 Å². The van der Waals surface area contributed by atoms with Crippen LogP contribution in [-0.4, -0.2) is 23.6 Å². The number of halogens is 1. The zero-order valence-corrected chi connectivity index (χ0v) is 15.9. The minimum atomic E-state index is -0.469. The fourth-order valence-electron chi connectivity index (χ4n) is 1.93. The van der Waals surface area contributed by atoms with E-state index < -0.39 is 5.60 Å². The summed E-state index contributed by atoms with van der Waals surface area (Å²) < 4.78 is 6.62. The van der Waals surface area contributed by atoms with Gasteiger partial charge in [-0.25, -0.2) is 9.97 Å². The Bertz CT molecular complexity index is 479. The van der Waals surface area contributed by atoms with Gasteiger partial charge in [0.15, 0.2) is 5.82 Å². The van der Waals surface area contributed by atoms with E-state index in [1.165, 1.54) is 0 Å². The summed E-state index contributed by atoms with van der Waals surface area (Å²) in [5, 5.41) is 3.38. The highest BCUT2D eigenvalue weighted by molar-refractivity contribution is 9.10. The van der Waals surface area contributed by atoms with Gasteiger partial charge in [-0.05, 0) is 35.7 Å². The molecule has 0 amide bonds. The Morgan fingerprint density at radius 1 is 1.14 bits per heavy atom. The summed E-state index contributed by atoms with van der Waals surface area (Å²) in [7, 11) is 1.71. The molecule has 0 saturated heterocycles. The largest absolute Gasteiger partial charge is 0.371 e. The van der Waals surface area contributed by atoms with Crippen LogP contribution < -0.4 is 5.32 Å². The minimum absolute atomic E-state index is 0.0679. The summed E-state index contributed by atoms with van der Waals surface area (Å²) in [6, 6.07) is 0. The highest BCUT2D eigenvalue weighted by atomic mass is 79.9. The second kappa shape index (κ2) is 7.05. The molecule has 1 aromatic heterocycles. The maximum Gasteiger partial charge on any atom is 0.162 e. The average Bonchev–Trinajstić information content (AvgIpc) is 2.44. The lowest BCUT2D eigenvalue weighted by molar-refractivity contribution is -0.00920. The molecule has 0 aliphatic carbocycles. The fourth-order valence-corrected chi connectivity index (χ4v) is 2.85.